The average molecular weight is 254 g/mol. The molecule has 0 aromatic heterocycles. The van der Waals surface area contributed by atoms with Crippen LogP contribution in [0.25, 0.3) is 0 Å². The van der Waals surface area contributed by atoms with Crippen LogP contribution in [0.15, 0.2) is 0 Å². The van der Waals surface area contributed by atoms with Gasteiger partial charge in [-0.2, -0.15) is 0 Å². The van der Waals surface area contributed by atoms with Crippen molar-refractivity contribution in [2.24, 2.45) is 17.6 Å². The van der Waals surface area contributed by atoms with Gasteiger partial charge in [-0.3, -0.25) is 4.90 Å². The summed E-state index contributed by atoms with van der Waals surface area (Å²) in [7, 11) is 0. The van der Waals surface area contributed by atoms with E-state index in [9.17, 15) is 0 Å². The smallest absolute Gasteiger partial charge is 0.0730 e. The summed E-state index contributed by atoms with van der Waals surface area (Å²) in [4.78, 5) is 2.67. The maximum absolute atomic E-state index is 5.90. The average Bonchev–Trinajstić information content (AvgIpc) is 2.82. The number of hydrogen-bond acceptors (Lipinski definition) is 3. The second-order valence-corrected chi connectivity index (χ2v) is 6.46. The van der Waals surface area contributed by atoms with E-state index in [0.29, 0.717) is 18.1 Å². The second kappa shape index (κ2) is 6.88. The van der Waals surface area contributed by atoms with Crippen LogP contribution in [0, 0.1) is 11.8 Å². The molecule has 1 heterocycles. The maximum Gasteiger partial charge on any atom is 0.0730 e. The predicted molar refractivity (Wildman–Crippen MR) is 75.6 cm³/mol. The Kier molecular flexibility index (Phi) is 5.46. The summed E-state index contributed by atoms with van der Waals surface area (Å²) in [6.45, 7) is 8.71. The third-order valence-corrected chi connectivity index (χ3v) is 4.56. The van der Waals surface area contributed by atoms with E-state index in [1.54, 1.807) is 0 Å². The molecule has 3 nitrogen and oxygen atoms in total. The number of morpholine rings is 1. The van der Waals surface area contributed by atoms with Crippen LogP contribution in [0.1, 0.15) is 46.0 Å². The van der Waals surface area contributed by atoms with Crippen LogP contribution >= 0.6 is 0 Å². The molecule has 0 aromatic carbocycles. The van der Waals surface area contributed by atoms with Gasteiger partial charge in [0.1, 0.15) is 0 Å². The van der Waals surface area contributed by atoms with Gasteiger partial charge in [-0.05, 0) is 57.0 Å². The molecule has 1 aliphatic carbocycles. The van der Waals surface area contributed by atoms with Gasteiger partial charge in [0, 0.05) is 12.6 Å². The number of nitrogens with zero attached hydrogens (tertiary/aromatic N) is 1. The Hall–Kier alpha value is -0.120. The minimum atomic E-state index is 0.528. The number of nitrogens with two attached hydrogens (primary N) is 1. The molecule has 18 heavy (non-hydrogen) atoms. The molecule has 1 saturated heterocycles. The molecule has 3 heteroatoms. The maximum atomic E-state index is 5.90. The van der Waals surface area contributed by atoms with Crippen molar-refractivity contribution in [1.29, 1.82) is 0 Å². The van der Waals surface area contributed by atoms with Crippen LogP contribution in [0.4, 0.5) is 0 Å². The summed E-state index contributed by atoms with van der Waals surface area (Å²) >= 11 is 0. The fourth-order valence-corrected chi connectivity index (χ4v) is 3.63. The normalized spacial score (nSPS) is 30.7. The third-order valence-electron chi connectivity index (χ3n) is 4.56. The van der Waals surface area contributed by atoms with Crippen molar-refractivity contribution in [2.45, 2.75) is 58.1 Å². The van der Waals surface area contributed by atoms with Crippen LogP contribution in [-0.4, -0.2) is 43.3 Å². The largest absolute Gasteiger partial charge is 0.375 e. The van der Waals surface area contributed by atoms with Crippen LogP contribution in [0.5, 0.6) is 0 Å². The van der Waals surface area contributed by atoms with Gasteiger partial charge in [0.05, 0.1) is 12.7 Å². The molecule has 3 unspecified atom stereocenters. The Morgan fingerprint density at radius 1 is 1.33 bits per heavy atom. The molecule has 2 rings (SSSR count). The lowest BCUT2D eigenvalue weighted by molar-refractivity contribution is -0.0569. The van der Waals surface area contributed by atoms with Crippen molar-refractivity contribution in [3.8, 4) is 0 Å². The van der Waals surface area contributed by atoms with Gasteiger partial charge < -0.3 is 10.5 Å². The minimum absolute atomic E-state index is 0.528. The molecule has 2 aliphatic rings. The van der Waals surface area contributed by atoms with E-state index < -0.39 is 0 Å². The second-order valence-electron chi connectivity index (χ2n) is 6.46. The highest BCUT2D eigenvalue weighted by atomic mass is 16.5. The highest BCUT2D eigenvalue weighted by Crippen LogP contribution is 2.30. The highest BCUT2D eigenvalue weighted by molar-refractivity contribution is 4.89. The molecule has 0 aromatic rings. The zero-order valence-corrected chi connectivity index (χ0v) is 12.1. The summed E-state index contributed by atoms with van der Waals surface area (Å²) in [5, 5.41) is 0. The van der Waals surface area contributed by atoms with E-state index in [4.69, 9.17) is 10.5 Å². The van der Waals surface area contributed by atoms with Crippen LogP contribution in [-0.2, 0) is 4.74 Å². The molecule has 3 atom stereocenters. The molecule has 1 aliphatic heterocycles. The van der Waals surface area contributed by atoms with Crippen molar-refractivity contribution < 1.29 is 4.74 Å². The number of hydrogen-bond donors (Lipinski definition) is 1. The first kappa shape index (κ1) is 14.3. The Balaban J connectivity index is 1.77. The molecule has 0 radical (unpaired) electrons. The summed E-state index contributed by atoms with van der Waals surface area (Å²) < 4.78 is 5.86. The molecular formula is C15H30N2O. The van der Waals surface area contributed by atoms with Crippen molar-refractivity contribution in [3.05, 3.63) is 0 Å². The first-order valence-corrected chi connectivity index (χ1v) is 7.76. The van der Waals surface area contributed by atoms with Crippen LogP contribution in [0.3, 0.4) is 0 Å². The van der Waals surface area contributed by atoms with E-state index in [1.165, 1.54) is 38.6 Å². The Morgan fingerprint density at radius 2 is 2.17 bits per heavy atom. The van der Waals surface area contributed by atoms with Crippen molar-refractivity contribution >= 4 is 0 Å². The summed E-state index contributed by atoms with van der Waals surface area (Å²) in [5.74, 6) is 1.47. The third kappa shape index (κ3) is 3.69. The lowest BCUT2D eigenvalue weighted by Gasteiger charge is -2.38. The lowest BCUT2D eigenvalue weighted by Crippen LogP contribution is -2.49. The van der Waals surface area contributed by atoms with Crippen molar-refractivity contribution in [3.63, 3.8) is 0 Å². The molecule has 2 N–H and O–H groups in total. The van der Waals surface area contributed by atoms with E-state index in [-0.39, 0.29) is 0 Å². The highest BCUT2D eigenvalue weighted by Gasteiger charge is 2.35. The van der Waals surface area contributed by atoms with Crippen molar-refractivity contribution in [2.75, 3.05) is 26.2 Å². The van der Waals surface area contributed by atoms with Gasteiger partial charge in [0.25, 0.3) is 0 Å². The SMILES string of the molecule is CC(C)CC(CN)CCN1CCOC2CCCC21. The van der Waals surface area contributed by atoms with E-state index in [0.717, 1.165) is 25.6 Å². The summed E-state index contributed by atoms with van der Waals surface area (Å²) in [6, 6.07) is 0.705. The van der Waals surface area contributed by atoms with Gasteiger partial charge in [-0.15, -0.1) is 0 Å². The van der Waals surface area contributed by atoms with Crippen molar-refractivity contribution in [1.82, 2.24) is 4.90 Å². The predicted octanol–water partition coefficient (Wildman–Crippen LogP) is 2.25. The van der Waals surface area contributed by atoms with E-state index in [2.05, 4.69) is 18.7 Å². The lowest BCUT2D eigenvalue weighted by atomic mass is 9.93. The zero-order chi connectivity index (χ0) is 13.0. The van der Waals surface area contributed by atoms with Gasteiger partial charge >= 0.3 is 0 Å². The Morgan fingerprint density at radius 3 is 2.89 bits per heavy atom. The monoisotopic (exact) mass is 254 g/mol. The number of fused-ring (bicyclic) bond motifs is 1. The van der Waals surface area contributed by atoms with E-state index in [1.807, 2.05) is 0 Å². The van der Waals surface area contributed by atoms with Gasteiger partial charge in [0.15, 0.2) is 0 Å². The molecule has 0 spiro atoms. The van der Waals surface area contributed by atoms with Crippen LogP contribution < -0.4 is 5.73 Å². The minimum Gasteiger partial charge on any atom is -0.375 e. The molecule has 1 saturated carbocycles. The fraction of sp³-hybridized carbons (Fsp3) is 1.00. The molecule has 0 amide bonds. The number of rotatable bonds is 6. The molecule has 106 valence electrons. The van der Waals surface area contributed by atoms with Gasteiger partial charge in [-0.1, -0.05) is 13.8 Å². The molecular weight excluding hydrogens is 224 g/mol. The first-order chi connectivity index (χ1) is 8.70. The van der Waals surface area contributed by atoms with Gasteiger partial charge in [0.2, 0.25) is 0 Å². The van der Waals surface area contributed by atoms with Gasteiger partial charge in [-0.25, -0.2) is 0 Å². The molecule has 0 bridgehead atoms. The fourth-order valence-electron chi connectivity index (χ4n) is 3.63. The standard InChI is InChI=1S/C15H30N2O/c1-12(2)10-13(11-16)6-7-17-8-9-18-15-5-3-4-14(15)17/h12-15H,3-11,16H2,1-2H3. The topological polar surface area (TPSA) is 38.5 Å². The van der Waals surface area contributed by atoms with E-state index >= 15 is 0 Å². The number of ether oxygens (including phenoxy) is 1. The summed E-state index contributed by atoms with van der Waals surface area (Å²) in [6.07, 6.45) is 7.01. The quantitative estimate of drug-likeness (QED) is 0.790. The zero-order valence-electron chi connectivity index (χ0n) is 12.1. The summed E-state index contributed by atoms with van der Waals surface area (Å²) in [5.41, 5.74) is 5.90. The Bertz CT molecular complexity index is 245. The molecule has 2 fully saturated rings. The van der Waals surface area contributed by atoms with Crippen LogP contribution in [0.2, 0.25) is 0 Å². The Labute approximate surface area is 112 Å². The first-order valence-electron chi connectivity index (χ1n) is 7.76.